The van der Waals surface area contributed by atoms with Gasteiger partial charge >= 0.3 is 5.97 Å². The number of halogens is 1. The lowest BCUT2D eigenvalue weighted by Gasteiger charge is -2.31. The summed E-state index contributed by atoms with van der Waals surface area (Å²) in [6.45, 7) is 2.08. The fourth-order valence-electron chi connectivity index (χ4n) is 4.05. The second kappa shape index (κ2) is 9.54. The minimum absolute atomic E-state index is 0.0285. The molecule has 1 aromatic rings. The molecule has 1 saturated carbocycles. The minimum atomic E-state index is -0.471. The third kappa shape index (κ3) is 5.13. The molecule has 1 aromatic carbocycles. The van der Waals surface area contributed by atoms with Crippen LogP contribution in [0.15, 0.2) is 22.7 Å². The molecule has 0 bridgehead atoms. The number of likely N-dealkylation sites (tertiary alicyclic amines) is 1. The summed E-state index contributed by atoms with van der Waals surface area (Å²) < 4.78 is 6.15. The van der Waals surface area contributed by atoms with Gasteiger partial charge in [-0.3, -0.25) is 14.4 Å². The van der Waals surface area contributed by atoms with Crippen LogP contribution >= 0.6 is 15.9 Å². The van der Waals surface area contributed by atoms with Gasteiger partial charge in [0.25, 0.3) is 5.91 Å². The largest absolute Gasteiger partial charge is 0.455 e. The van der Waals surface area contributed by atoms with Gasteiger partial charge in [-0.05, 0) is 43.0 Å². The van der Waals surface area contributed by atoms with Crippen molar-refractivity contribution in [1.82, 2.24) is 4.90 Å². The molecule has 2 amide bonds. The van der Waals surface area contributed by atoms with Crippen molar-refractivity contribution in [1.29, 1.82) is 0 Å². The van der Waals surface area contributed by atoms with E-state index in [4.69, 9.17) is 4.74 Å². The molecule has 2 aliphatic rings. The second-order valence-corrected chi connectivity index (χ2v) is 8.47. The predicted molar refractivity (Wildman–Crippen MR) is 110 cm³/mol. The lowest BCUT2D eigenvalue weighted by molar-refractivity contribution is -0.151. The minimum Gasteiger partial charge on any atom is -0.455 e. The SMILES string of the molecule is CCc1cc(Br)ccc1NC(=O)COC(=O)[C@@H]1CC(=O)N(C2CCCCC2)C1. The Morgan fingerprint density at radius 3 is 2.71 bits per heavy atom. The average Bonchev–Trinajstić information content (AvgIpc) is 3.10. The molecule has 0 unspecified atom stereocenters. The number of aryl methyl sites for hydroxylation is 1. The van der Waals surface area contributed by atoms with Crippen LogP contribution in [-0.4, -0.2) is 41.9 Å². The zero-order valence-electron chi connectivity index (χ0n) is 16.2. The van der Waals surface area contributed by atoms with Crippen molar-refractivity contribution < 1.29 is 19.1 Å². The first-order chi connectivity index (χ1) is 13.5. The van der Waals surface area contributed by atoms with Crippen molar-refractivity contribution in [2.75, 3.05) is 18.5 Å². The molecule has 0 spiro atoms. The standard InChI is InChI=1S/C21H27BrN2O4/c1-2-14-10-16(22)8-9-18(14)23-19(25)13-28-21(27)15-11-20(26)24(12-15)17-6-4-3-5-7-17/h8-10,15,17H,2-7,11-13H2,1H3,(H,23,25)/t15-/m1/s1. The van der Waals surface area contributed by atoms with Gasteiger partial charge in [0.15, 0.2) is 6.61 Å². The van der Waals surface area contributed by atoms with Crippen LogP contribution in [0, 0.1) is 5.92 Å². The zero-order chi connectivity index (χ0) is 20.1. The van der Waals surface area contributed by atoms with Crippen molar-refractivity contribution in [3.05, 3.63) is 28.2 Å². The molecule has 6 nitrogen and oxygen atoms in total. The Balaban J connectivity index is 1.49. The van der Waals surface area contributed by atoms with Crippen molar-refractivity contribution in [2.24, 2.45) is 5.92 Å². The summed E-state index contributed by atoms with van der Waals surface area (Å²) in [5.41, 5.74) is 1.71. The van der Waals surface area contributed by atoms with Crippen molar-refractivity contribution in [2.45, 2.75) is 57.9 Å². The predicted octanol–water partition coefficient (Wildman–Crippen LogP) is 3.67. The number of hydrogen-bond acceptors (Lipinski definition) is 4. The molecule has 28 heavy (non-hydrogen) atoms. The van der Waals surface area contributed by atoms with Crippen LogP contribution in [0.3, 0.4) is 0 Å². The van der Waals surface area contributed by atoms with E-state index in [-0.39, 0.29) is 30.9 Å². The quantitative estimate of drug-likeness (QED) is 0.670. The Bertz CT molecular complexity index is 746. The molecule has 2 fully saturated rings. The van der Waals surface area contributed by atoms with Crippen LogP contribution in [-0.2, 0) is 25.5 Å². The lowest BCUT2D eigenvalue weighted by atomic mass is 9.94. The van der Waals surface area contributed by atoms with Gasteiger partial charge in [0.2, 0.25) is 5.91 Å². The maximum atomic E-state index is 12.4. The van der Waals surface area contributed by atoms with E-state index in [2.05, 4.69) is 21.2 Å². The van der Waals surface area contributed by atoms with Crippen LogP contribution in [0.4, 0.5) is 5.69 Å². The van der Waals surface area contributed by atoms with Crippen LogP contribution in [0.5, 0.6) is 0 Å². The molecule has 152 valence electrons. The van der Waals surface area contributed by atoms with E-state index < -0.39 is 11.9 Å². The summed E-state index contributed by atoms with van der Waals surface area (Å²) in [4.78, 5) is 38.7. The number of amides is 2. The molecular formula is C21H27BrN2O4. The number of anilines is 1. The van der Waals surface area contributed by atoms with Gasteiger partial charge < -0.3 is 15.0 Å². The Morgan fingerprint density at radius 2 is 2.00 bits per heavy atom. The molecule has 1 saturated heterocycles. The Labute approximate surface area is 174 Å². The summed E-state index contributed by atoms with van der Waals surface area (Å²) in [5.74, 6) is -1.28. The van der Waals surface area contributed by atoms with Crippen LogP contribution < -0.4 is 5.32 Å². The number of carbonyl (C=O) groups excluding carboxylic acids is 3. The van der Waals surface area contributed by atoms with E-state index in [0.717, 1.165) is 42.1 Å². The number of benzene rings is 1. The summed E-state index contributed by atoms with van der Waals surface area (Å²) in [6.07, 6.45) is 6.49. The normalized spacial score (nSPS) is 20.3. The number of ether oxygens (including phenoxy) is 1. The number of esters is 1. The molecule has 1 heterocycles. The first kappa shape index (κ1) is 20.8. The van der Waals surface area contributed by atoms with E-state index in [0.29, 0.717) is 12.2 Å². The van der Waals surface area contributed by atoms with Gasteiger partial charge in [-0.25, -0.2) is 0 Å². The lowest BCUT2D eigenvalue weighted by Crippen LogP contribution is -2.38. The van der Waals surface area contributed by atoms with Gasteiger partial charge in [-0.2, -0.15) is 0 Å². The Morgan fingerprint density at radius 1 is 1.25 bits per heavy atom. The fourth-order valence-corrected chi connectivity index (χ4v) is 4.46. The monoisotopic (exact) mass is 450 g/mol. The van der Waals surface area contributed by atoms with E-state index >= 15 is 0 Å². The van der Waals surface area contributed by atoms with E-state index in [1.54, 1.807) is 0 Å². The highest BCUT2D eigenvalue weighted by atomic mass is 79.9. The van der Waals surface area contributed by atoms with E-state index in [1.165, 1.54) is 6.42 Å². The molecular weight excluding hydrogens is 424 g/mol. The molecule has 1 aliphatic heterocycles. The van der Waals surface area contributed by atoms with E-state index in [9.17, 15) is 14.4 Å². The highest BCUT2D eigenvalue weighted by Crippen LogP contribution is 2.29. The van der Waals surface area contributed by atoms with E-state index in [1.807, 2.05) is 30.0 Å². The second-order valence-electron chi connectivity index (χ2n) is 7.55. The maximum absolute atomic E-state index is 12.4. The van der Waals surface area contributed by atoms with Gasteiger partial charge in [-0.1, -0.05) is 42.1 Å². The Kier molecular flexibility index (Phi) is 7.10. The van der Waals surface area contributed by atoms with Crippen molar-refractivity contribution >= 4 is 39.4 Å². The average molecular weight is 451 g/mol. The van der Waals surface area contributed by atoms with Crippen molar-refractivity contribution in [3.8, 4) is 0 Å². The number of nitrogens with zero attached hydrogens (tertiary/aromatic N) is 1. The number of rotatable bonds is 6. The highest BCUT2D eigenvalue weighted by molar-refractivity contribution is 9.10. The topological polar surface area (TPSA) is 75.7 Å². The summed E-state index contributed by atoms with van der Waals surface area (Å²) in [6, 6.07) is 5.88. The molecule has 0 aromatic heterocycles. The van der Waals surface area contributed by atoms with Crippen molar-refractivity contribution in [3.63, 3.8) is 0 Å². The first-order valence-corrected chi connectivity index (χ1v) is 10.8. The van der Waals surface area contributed by atoms with Crippen LogP contribution in [0.2, 0.25) is 0 Å². The maximum Gasteiger partial charge on any atom is 0.311 e. The third-order valence-corrected chi connectivity index (χ3v) is 6.07. The molecule has 0 radical (unpaired) electrons. The fraction of sp³-hybridized carbons (Fsp3) is 0.571. The summed E-state index contributed by atoms with van der Waals surface area (Å²) in [5, 5.41) is 2.79. The number of carbonyl (C=O) groups is 3. The first-order valence-electron chi connectivity index (χ1n) is 10.0. The van der Waals surface area contributed by atoms with Gasteiger partial charge in [0.05, 0.1) is 5.92 Å². The molecule has 1 aliphatic carbocycles. The van der Waals surface area contributed by atoms with Crippen LogP contribution in [0.25, 0.3) is 0 Å². The number of nitrogens with one attached hydrogen (secondary N) is 1. The molecule has 3 rings (SSSR count). The highest BCUT2D eigenvalue weighted by Gasteiger charge is 2.39. The summed E-state index contributed by atoms with van der Waals surface area (Å²) >= 11 is 3.42. The van der Waals surface area contributed by atoms with Gasteiger partial charge in [0.1, 0.15) is 0 Å². The Hall–Kier alpha value is -1.89. The van der Waals surface area contributed by atoms with Gasteiger partial charge in [-0.15, -0.1) is 0 Å². The smallest absolute Gasteiger partial charge is 0.311 e. The molecule has 7 heteroatoms. The third-order valence-electron chi connectivity index (χ3n) is 5.58. The summed E-state index contributed by atoms with van der Waals surface area (Å²) in [7, 11) is 0. The van der Waals surface area contributed by atoms with Gasteiger partial charge in [0, 0.05) is 29.2 Å². The number of hydrogen-bond donors (Lipinski definition) is 1. The molecule has 1 atom stereocenters. The zero-order valence-corrected chi connectivity index (χ0v) is 17.8. The van der Waals surface area contributed by atoms with Crippen LogP contribution in [0.1, 0.15) is 51.0 Å². The molecule has 1 N–H and O–H groups in total.